The number of methoxy groups -OCH3 is 1. The summed E-state index contributed by atoms with van der Waals surface area (Å²) in [7, 11) is 1.70. The Morgan fingerprint density at radius 2 is 1.88 bits per heavy atom. The average Bonchev–Trinajstić information content (AvgIpc) is 3.18. The number of anilines is 1. The molecule has 3 aromatic carbocycles. The largest absolute Gasteiger partial charge is 0.497 e. The van der Waals surface area contributed by atoms with Gasteiger partial charge in [0.15, 0.2) is 0 Å². The van der Waals surface area contributed by atoms with Crippen molar-refractivity contribution >= 4 is 58.4 Å². The van der Waals surface area contributed by atoms with E-state index >= 15 is 0 Å². The predicted molar refractivity (Wildman–Crippen MR) is 140 cm³/mol. The van der Waals surface area contributed by atoms with Gasteiger partial charge in [-0.2, -0.15) is 0 Å². The molecule has 33 heavy (non-hydrogen) atoms. The lowest BCUT2D eigenvalue weighted by Gasteiger charge is -2.27. The number of hydrogen-bond donors (Lipinski definition) is 0. The third kappa shape index (κ3) is 3.76. The van der Waals surface area contributed by atoms with E-state index in [9.17, 15) is 0 Å². The van der Waals surface area contributed by atoms with Gasteiger partial charge in [-0.25, -0.2) is 0 Å². The highest BCUT2D eigenvalue weighted by Gasteiger charge is 2.30. The zero-order chi connectivity index (χ0) is 21.7. The minimum absolute atomic E-state index is 0. The van der Waals surface area contributed by atoms with Crippen LogP contribution in [0.3, 0.4) is 0 Å². The first-order chi connectivity index (χ1) is 15.7. The summed E-state index contributed by atoms with van der Waals surface area (Å²) >= 11 is 8.75. The number of para-hydroxylation sites is 2. The first-order valence-corrected chi connectivity index (χ1v) is 12.0. The van der Waals surface area contributed by atoms with Crippen molar-refractivity contribution in [2.45, 2.75) is 17.7 Å². The number of thioether (sulfide) groups is 1. The SMILES string of the molecule is COc1ccc2c(/C=C3/Sc4cccc5c4N3CCC5)cc(Cl)[n+](-c3ccccc3)c2c1.Cl. The van der Waals surface area contributed by atoms with Crippen LogP contribution in [0.25, 0.3) is 22.7 Å². The summed E-state index contributed by atoms with van der Waals surface area (Å²) in [5, 5.41) is 3.07. The van der Waals surface area contributed by atoms with Crippen molar-refractivity contribution in [3.05, 3.63) is 94.1 Å². The molecule has 1 aromatic heterocycles. The Balaban J connectivity index is 0.00000228. The van der Waals surface area contributed by atoms with Crippen LogP contribution in [0.15, 0.2) is 82.7 Å². The lowest BCUT2D eigenvalue weighted by molar-refractivity contribution is -0.564. The smallest absolute Gasteiger partial charge is 0.281 e. The molecule has 0 spiro atoms. The molecule has 0 bridgehead atoms. The van der Waals surface area contributed by atoms with Gasteiger partial charge in [0.05, 0.1) is 29.3 Å². The normalized spacial score (nSPS) is 15.5. The Hall–Kier alpha value is -2.66. The summed E-state index contributed by atoms with van der Waals surface area (Å²) in [6.45, 7) is 1.05. The van der Waals surface area contributed by atoms with Gasteiger partial charge in [0.25, 0.3) is 5.15 Å². The second-order valence-corrected chi connectivity index (χ2v) is 9.53. The van der Waals surface area contributed by atoms with Crippen LogP contribution in [0.5, 0.6) is 5.75 Å². The van der Waals surface area contributed by atoms with Gasteiger partial charge in [-0.15, -0.1) is 17.0 Å². The number of benzene rings is 3. The van der Waals surface area contributed by atoms with Gasteiger partial charge in [0, 0.05) is 29.6 Å². The highest BCUT2D eigenvalue weighted by molar-refractivity contribution is 8.03. The molecule has 3 heterocycles. The van der Waals surface area contributed by atoms with Crippen LogP contribution in [0, 0.1) is 0 Å². The summed E-state index contributed by atoms with van der Waals surface area (Å²) in [6, 6.07) is 25.2. The lowest BCUT2D eigenvalue weighted by Crippen LogP contribution is -2.33. The van der Waals surface area contributed by atoms with Gasteiger partial charge in [0.2, 0.25) is 11.2 Å². The van der Waals surface area contributed by atoms with Crippen LogP contribution in [-0.2, 0) is 6.42 Å². The molecule has 0 saturated carbocycles. The number of halogens is 2. The summed E-state index contributed by atoms with van der Waals surface area (Å²) in [4.78, 5) is 3.82. The molecule has 0 fully saturated rings. The van der Waals surface area contributed by atoms with E-state index in [4.69, 9.17) is 16.3 Å². The first kappa shape index (κ1) is 22.1. The zero-order valence-electron chi connectivity index (χ0n) is 18.1. The molecule has 6 rings (SSSR count). The third-order valence-electron chi connectivity index (χ3n) is 6.20. The van der Waals surface area contributed by atoms with Crippen molar-refractivity contribution in [1.29, 1.82) is 0 Å². The van der Waals surface area contributed by atoms with E-state index in [-0.39, 0.29) is 12.4 Å². The molecule has 6 heteroatoms. The number of hydrogen-bond acceptors (Lipinski definition) is 3. The average molecular weight is 494 g/mol. The van der Waals surface area contributed by atoms with Gasteiger partial charge >= 0.3 is 0 Å². The fraction of sp³-hybridized carbons (Fsp3) is 0.148. The molecule has 0 amide bonds. The van der Waals surface area contributed by atoms with Crippen molar-refractivity contribution in [1.82, 2.24) is 0 Å². The molecule has 0 atom stereocenters. The van der Waals surface area contributed by atoms with Crippen molar-refractivity contribution < 1.29 is 9.30 Å². The number of aryl methyl sites for hydroxylation is 1. The van der Waals surface area contributed by atoms with Crippen LogP contribution < -0.4 is 14.2 Å². The molecule has 3 nitrogen and oxygen atoms in total. The number of ether oxygens (including phenoxy) is 1. The maximum atomic E-state index is 6.89. The molecular weight excluding hydrogens is 471 g/mol. The fourth-order valence-electron chi connectivity index (χ4n) is 4.74. The van der Waals surface area contributed by atoms with E-state index in [2.05, 4.69) is 64.1 Å². The molecule has 4 aromatic rings. The summed E-state index contributed by atoms with van der Waals surface area (Å²) in [5.74, 6) is 0.811. The van der Waals surface area contributed by atoms with Crippen LogP contribution >= 0.6 is 35.8 Å². The molecular formula is C27H23Cl2N2OS+. The van der Waals surface area contributed by atoms with Gasteiger partial charge in [0.1, 0.15) is 5.75 Å². The Morgan fingerprint density at radius 3 is 2.70 bits per heavy atom. The minimum atomic E-state index is 0. The Morgan fingerprint density at radius 1 is 1.03 bits per heavy atom. The van der Waals surface area contributed by atoms with E-state index < -0.39 is 0 Å². The van der Waals surface area contributed by atoms with Crippen molar-refractivity contribution in [3.8, 4) is 11.4 Å². The highest BCUT2D eigenvalue weighted by Crippen LogP contribution is 2.50. The van der Waals surface area contributed by atoms with E-state index in [1.54, 1.807) is 7.11 Å². The fourth-order valence-corrected chi connectivity index (χ4v) is 6.23. The maximum Gasteiger partial charge on any atom is 0.281 e. The third-order valence-corrected chi connectivity index (χ3v) is 7.57. The number of rotatable bonds is 3. The number of aromatic nitrogens is 1. The van der Waals surface area contributed by atoms with E-state index in [1.807, 2.05) is 36.0 Å². The van der Waals surface area contributed by atoms with Gasteiger partial charge < -0.3 is 9.64 Å². The standard InChI is InChI=1S/C27H22ClN2OS.ClH/c1-31-21-12-13-22-19(15-25(28)30(23(22)17-21)20-9-3-2-4-10-20)16-26-29-14-6-8-18-7-5-11-24(32-26)27(18)29;/h2-5,7,9-13,15-17H,6,8,14H2,1H3;1H/q+1;. The summed E-state index contributed by atoms with van der Waals surface area (Å²) in [5.41, 5.74) is 6.00. The lowest BCUT2D eigenvalue weighted by atomic mass is 10.0. The van der Waals surface area contributed by atoms with E-state index in [0.717, 1.165) is 40.9 Å². The summed E-state index contributed by atoms with van der Waals surface area (Å²) in [6.07, 6.45) is 4.62. The molecule has 0 unspecified atom stereocenters. The molecule has 0 N–H and O–H groups in total. The molecule has 0 radical (unpaired) electrons. The molecule has 2 aliphatic rings. The second kappa shape index (κ2) is 8.94. The van der Waals surface area contributed by atoms with Crippen LogP contribution in [0.4, 0.5) is 5.69 Å². The monoisotopic (exact) mass is 493 g/mol. The quantitative estimate of drug-likeness (QED) is 0.224. The highest BCUT2D eigenvalue weighted by atomic mass is 35.5. The zero-order valence-corrected chi connectivity index (χ0v) is 20.5. The first-order valence-electron chi connectivity index (χ1n) is 10.8. The molecule has 2 aliphatic heterocycles. The van der Waals surface area contributed by atoms with Crippen LogP contribution in [0.2, 0.25) is 5.15 Å². The van der Waals surface area contributed by atoms with Crippen molar-refractivity contribution in [2.75, 3.05) is 18.6 Å². The van der Waals surface area contributed by atoms with Crippen LogP contribution in [0.1, 0.15) is 17.5 Å². The molecule has 166 valence electrons. The summed E-state index contributed by atoms with van der Waals surface area (Å²) < 4.78 is 7.62. The molecule has 0 aliphatic carbocycles. The minimum Gasteiger partial charge on any atom is -0.497 e. The van der Waals surface area contributed by atoms with Crippen LogP contribution in [-0.4, -0.2) is 13.7 Å². The van der Waals surface area contributed by atoms with Crippen molar-refractivity contribution in [3.63, 3.8) is 0 Å². The Labute approximate surface area is 209 Å². The second-order valence-electron chi connectivity index (χ2n) is 8.08. The Kier molecular flexibility index (Phi) is 6.00. The van der Waals surface area contributed by atoms with Gasteiger partial charge in [-0.05, 0) is 59.8 Å². The number of pyridine rings is 1. The van der Waals surface area contributed by atoms with Gasteiger partial charge in [-0.3, -0.25) is 0 Å². The maximum absolute atomic E-state index is 6.89. The van der Waals surface area contributed by atoms with E-state index in [1.165, 1.54) is 27.6 Å². The number of nitrogens with zero attached hydrogens (tertiary/aromatic N) is 2. The predicted octanol–water partition coefficient (Wildman–Crippen LogP) is 7.06. The van der Waals surface area contributed by atoms with Crippen molar-refractivity contribution in [2.24, 2.45) is 0 Å². The van der Waals surface area contributed by atoms with Gasteiger partial charge in [-0.1, -0.05) is 42.1 Å². The Bertz CT molecular complexity index is 1390. The molecule has 0 saturated heterocycles. The number of fused-ring (bicyclic) bond motifs is 1. The van der Waals surface area contributed by atoms with E-state index in [0.29, 0.717) is 5.15 Å². The topological polar surface area (TPSA) is 16.4 Å².